The molecule has 9 heavy (non-hydrogen) atoms. The molecule has 0 saturated heterocycles. The third-order valence-corrected chi connectivity index (χ3v) is 2.14. The number of Topliss-reactive ketones (excluding diaryl/α,β-unsaturated/α-hetero) is 1. The van der Waals surface area contributed by atoms with Gasteiger partial charge in [-0.1, -0.05) is 0 Å². The summed E-state index contributed by atoms with van der Waals surface area (Å²) in [5.74, 6) is 1.03. The predicted molar refractivity (Wildman–Crippen MR) is 36.3 cm³/mol. The number of carbonyl (C=O) groups excluding carboxylic acids is 1. The van der Waals surface area contributed by atoms with Crippen LogP contribution in [0.5, 0.6) is 0 Å². The lowest BCUT2D eigenvalue weighted by molar-refractivity contribution is -0.127. The molecule has 0 amide bonds. The molecule has 0 aromatic carbocycles. The number of rotatable bonds is 2. The quantitative estimate of drug-likeness (QED) is 0.587. The van der Waals surface area contributed by atoms with E-state index in [1.807, 2.05) is 7.05 Å². The van der Waals surface area contributed by atoms with E-state index < -0.39 is 0 Å². The van der Waals surface area contributed by atoms with Crippen LogP contribution in [0.4, 0.5) is 0 Å². The average molecular weight is 127 g/mol. The Morgan fingerprint density at radius 3 is 2.56 bits per heavy atom. The van der Waals surface area contributed by atoms with Crippen molar-refractivity contribution in [2.45, 2.75) is 25.8 Å². The zero-order chi connectivity index (χ0) is 6.85. The summed E-state index contributed by atoms with van der Waals surface area (Å²) in [5, 5.41) is 3.14. The number of hydrogen-bond acceptors (Lipinski definition) is 2. The summed E-state index contributed by atoms with van der Waals surface area (Å²) in [6.45, 7) is 2.12. The lowest BCUT2D eigenvalue weighted by Gasteiger charge is -2.29. The van der Waals surface area contributed by atoms with Crippen molar-refractivity contribution < 1.29 is 4.79 Å². The Kier molecular flexibility index (Phi) is 1.86. The molecule has 0 aliphatic heterocycles. The maximum atomic E-state index is 10.5. The van der Waals surface area contributed by atoms with Crippen LogP contribution in [0.15, 0.2) is 0 Å². The lowest BCUT2D eigenvalue weighted by atomic mass is 9.79. The molecular weight excluding hydrogens is 114 g/mol. The van der Waals surface area contributed by atoms with Crippen LogP contribution in [0.1, 0.15) is 19.8 Å². The molecule has 2 heteroatoms. The van der Waals surface area contributed by atoms with Crippen molar-refractivity contribution in [3.05, 3.63) is 0 Å². The van der Waals surface area contributed by atoms with Crippen molar-refractivity contribution in [1.29, 1.82) is 0 Å². The molecule has 0 radical (unpaired) electrons. The van der Waals surface area contributed by atoms with Gasteiger partial charge in [-0.2, -0.15) is 0 Å². The molecule has 2 nitrogen and oxygen atoms in total. The van der Waals surface area contributed by atoms with E-state index in [0.717, 1.165) is 12.8 Å². The van der Waals surface area contributed by atoms with Gasteiger partial charge in [0.1, 0.15) is 5.78 Å². The molecule has 0 unspecified atom stereocenters. The van der Waals surface area contributed by atoms with E-state index in [1.165, 1.54) is 0 Å². The van der Waals surface area contributed by atoms with Gasteiger partial charge in [0.25, 0.3) is 0 Å². The van der Waals surface area contributed by atoms with Crippen molar-refractivity contribution in [3.63, 3.8) is 0 Å². The first-order valence-corrected chi connectivity index (χ1v) is 3.43. The van der Waals surface area contributed by atoms with Crippen LogP contribution in [0, 0.1) is 5.92 Å². The van der Waals surface area contributed by atoms with E-state index in [9.17, 15) is 4.79 Å². The fourth-order valence-corrected chi connectivity index (χ4v) is 1.11. The zero-order valence-corrected chi connectivity index (χ0v) is 5.98. The van der Waals surface area contributed by atoms with E-state index in [-0.39, 0.29) is 0 Å². The van der Waals surface area contributed by atoms with Crippen LogP contribution in [0.2, 0.25) is 0 Å². The molecule has 0 aromatic rings. The molecule has 1 rings (SSSR count). The van der Waals surface area contributed by atoms with E-state index in [0.29, 0.717) is 17.7 Å². The van der Waals surface area contributed by atoms with E-state index in [2.05, 4.69) is 12.2 Å². The summed E-state index contributed by atoms with van der Waals surface area (Å²) >= 11 is 0. The first kappa shape index (κ1) is 6.75. The van der Waals surface area contributed by atoms with Gasteiger partial charge in [-0.15, -0.1) is 0 Å². The molecule has 0 aromatic heterocycles. The van der Waals surface area contributed by atoms with Gasteiger partial charge in [0.15, 0.2) is 0 Å². The number of hydrogen-bond donors (Lipinski definition) is 1. The average Bonchev–Trinajstić information content (AvgIpc) is 1.79. The van der Waals surface area contributed by atoms with Gasteiger partial charge < -0.3 is 5.32 Å². The third kappa shape index (κ3) is 1.30. The molecule has 1 aliphatic rings. The number of carbonyl (C=O) groups is 1. The predicted octanol–water partition coefficient (Wildman–Crippen LogP) is 0.573. The molecule has 1 aliphatic carbocycles. The summed E-state index contributed by atoms with van der Waals surface area (Å²) in [6, 6.07) is 0.516. The molecule has 1 saturated carbocycles. The van der Waals surface area contributed by atoms with Gasteiger partial charge >= 0.3 is 0 Å². The third-order valence-electron chi connectivity index (χ3n) is 2.14. The number of ketones is 1. The Labute approximate surface area is 55.6 Å². The van der Waals surface area contributed by atoms with Crippen LogP contribution in [-0.2, 0) is 4.79 Å². The molecule has 52 valence electrons. The van der Waals surface area contributed by atoms with Gasteiger partial charge in [0.05, 0.1) is 0 Å². The maximum Gasteiger partial charge on any atom is 0.133 e. The largest absolute Gasteiger partial charge is 0.317 e. The molecule has 1 atom stereocenters. The molecule has 0 spiro atoms. The van der Waals surface area contributed by atoms with Crippen molar-refractivity contribution in [2.24, 2.45) is 5.92 Å². The van der Waals surface area contributed by atoms with Gasteiger partial charge in [0.2, 0.25) is 0 Å². The van der Waals surface area contributed by atoms with Gasteiger partial charge in [-0.05, 0) is 19.9 Å². The summed E-state index contributed by atoms with van der Waals surface area (Å²) in [5.41, 5.74) is 0. The van der Waals surface area contributed by atoms with Crippen LogP contribution in [-0.4, -0.2) is 18.9 Å². The fraction of sp³-hybridized carbons (Fsp3) is 0.857. The standard InChI is InChI=1S/C7H13NO/c1-5(8-2)6-3-7(9)4-6/h5-6,8H,3-4H2,1-2H3/t5-/m1/s1. The molecule has 1 N–H and O–H groups in total. The van der Waals surface area contributed by atoms with Crippen molar-refractivity contribution in [2.75, 3.05) is 7.05 Å². The minimum absolute atomic E-state index is 0.419. The minimum Gasteiger partial charge on any atom is -0.317 e. The highest BCUT2D eigenvalue weighted by Crippen LogP contribution is 2.25. The molecule has 0 heterocycles. The molecular formula is C7H13NO. The fourth-order valence-electron chi connectivity index (χ4n) is 1.11. The SMILES string of the molecule is CN[C@H](C)C1CC(=O)C1. The van der Waals surface area contributed by atoms with Gasteiger partial charge in [-0.3, -0.25) is 4.79 Å². The molecule has 0 bridgehead atoms. The Balaban J connectivity index is 2.23. The highest BCUT2D eigenvalue weighted by molar-refractivity contribution is 5.84. The Morgan fingerprint density at radius 2 is 2.22 bits per heavy atom. The van der Waals surface area contributed by atoms with E-state index >= 15 is 0 Å². The molecule has 1 fully saturated rings. The first-order valence-electron chi connectivity index (χ1n) is 3.43. The first-order chi connectivity index (χ1) is 4.24. The zero-order valence-electron chi connectivity index (χ0n) is 5.98. The summed E-state index contributed by atoms with van der Waals surface area (Å²) < 4.78 is 0. The lowest BCUT2D eigenvalue weighted by Crippen LogP contribution is -2.39. The van der Waals surface area contributed by atoms with Crippen LogP contribution >= 0.6 is 0 Å². The summed E-state index contributed by atoms with van der Waals surface area (Å²) in [6.07, 6.45) is 1.59. The van der Waals surface area contributed by atoms with Crippen molar-refractivity contribution >= 4 is 5.78 Å². The smallest absolute Gasteiger partial charge is 0.133 e. The van der Waals surface area contributed by atoms with E-state index in [1.54, 1.807) is 0 Å². The maximum absolute atomic E-state index is 10.5. The van der Waals surface area contributed by atoms with Crippen molar-refractivity contribution in [3.8, 4) is 0 Å². The summed E-state index contributed by atoms with van der Waals surface area (Å²) in [4.78, 5) is 10.5. The Hall–Kier alpha value is -0.370. The second kappa shape index (κ2) is 2.48. The topological polar surface area (TPSA) is 29.1 Å². The summed E-state index contributed by atoms with van der Waals surface area (Å²) in [7, 11) is 1.94. The minimum atomic E-state index is 0.419. The van der Waals surface area contributed by atoms with E-state index in [4.69, 9.17) is 0 Å². The van der Waals surface area contributed by atoms with Crippen LogP contribution < -0.4 is 5.32 Å². The highest BCUT2D eigenvalue weighted by Gasteiger charge is 2.29. The second-order valence-electron chi connectivity index (χ2n) is 2.78. The van der Waals surface area contributed by atoms with Crippen molar-refractivity contribution in [1.82, 2.24) is 5.32 Å². The monoisotopic (exact) mass is 127 g/mol. The highest BCUT2D eigenvalue weighted by atomic mass is 16.1. The van der Waals surface area contributed by atoms with Crippen LogP contribution in [0.25, 0.3) is 0 Å². The van der Waals surface area contributed by atoms with Gasteiger partial charge in [-0.25, -0.2) is 0 Å². The Bertz CT molecular complexity index is 114. The Morgan fingerprint density at radius 1 is 1.67 bits per heavy atom. The second-order valence-corrected chi connectivity index (χ2v) is 2.78. The normalized spacial score (nSPS) is 23.6. The van der Waals surface area contributed by atoms with Gasteiger partial charge in [0, 0.05) is 18.9 Å². The number of nitrogens with one attached hydrogen (secondary N) is 1. The van der Waals surface area contributed by atoms with Crippen LogP contribution in [0.3, 0.4) is 0 Å².